The summed E-state index contributed by atoms with van der Waals surface area (Å²) in [6.45, 7) is 0.796. The van der Waals surface area contributed by atoms with E-state index in [2.05, 4.69) is 5.32 Å². The lowest BCUT2D eigenvalue weighted by Crippen LogP contribution is -2.51. The van der Waals surface area contributed by atoms with Gasteiger partial charge in [-0.1, -0.05) is 35.9 Å². The smallest absolute Gasteiger partial charge is 0.254 e. The van der Waals surface area contributed by atoms with E-state index < -0.39 is 0 Å². The van der Waals surface area contributed by atoms with E-state index in [9.17, 15) is 14.0 Å². The number of halogens is 2. The number of nitrogens with one attached hydrogen (secondary N) is 1. The van der Waals surface area contributed by atoms with Gasteiger partial charge in [-0.15, -0.1) is 0 Å². The summed E-state index contributed by atoms with van der Waals surface area (Å²) in [5, 5.41) is 3.45. The molecule has 0 saturated carbocycles. The average molecular weight is 497 g/mol. The molecule has 0 bridgehead atoms. The van der Waals surface area contributed by atoms with E-state index in [1.165, 1.54) is 26.4 Å². The molecule has 1 N–H and O–H groups in total. The number of nitrogens with zero attached hydrogens (tertiary/aromatic N) is 1. The number of hydrogen-bond donors (Lipinski definition) is 1. The maximum Gasteiger partial charge on any atom is 0.254 e. The Morgan fingerprint density at radius 3 is 2.40 bits per heavy atom. The molecule has 3 aromatic carbocycles. The van der Waals surface area contributed by atoms with Crippen molar-refractivity contribution in [2.24, 2.45) is 0 Å². The number of methoxy groups -OCH3 is 2. The minimum Gasteiger partial charge on any atom is -0.493 e. The van der Waals surface area contributed by atoms with Gasteiger partial charge in [0.15, 0.2) is 11.5 Å². The number of carbonyl (C=O) groups excluding carboxylic acids is 2. The van der Waals surface area contributed by atoms with Crippen LogP contribution in [-0.2, 0) is 0 Å². The molecule has 0 spiro atoms. The molecule has 1 saturated heterocycles. The zero-order valence-electron chi connectivity index (χ0n) is 19.5. The summed E-state index contributed by atoms with van der Waals surface area (Å²) >= 11 is 6.21. The molecule has 2 amide bonds. The summed E-state index contributed by atoms with van der Waals surface area (Å²) in [5.41, 5.74) is 1.69. The van der Waals surface area contributed by atoms with E-state index in [0.29, 0.717) is 47.2 Å². The maximum absolute atomic E-state index is 13.6. The van der Waals surface area contributed by atoms with Gasteiger partial charge in [0.25, 0.3) is 11.8 Å². The molecular weight excluding hydrogens is 471 g/mol. The van der Waals surface area contributed by atoms with Crippen molar-refractivity contribution in [1.82, 2.24) is 10.2 Å². The third-order valence-electron chi connectivity index (χ3n) is 6.26. The van der Waals surface area contributed by atoms with E-state index in [0.717, 1.165) is 5.56 Å². The van der Waals surface area contributed by atoms with E-state index in [-0.39, 0.29) is 29.6 Å². The van der Waals surface area contributed by atoms with Crippen LogP contribution in [0.5, 0.6) is 11.5 Å². The van der Waals surface area contributed by atoms with Gasteiger partial charge in [-0.2, -0.15) is 0 Å². The first kappa shape index (κ1) is 24.5. The first-order chi connectivity index (χ1) is 16.9. The number of carbonyl (C=O) groups is 2. The topological polar surface area (TPSA) is 67.9 Å². The standard InChI is InChI=1S/C27H26ClFN2O4/c1-34-24-12-9-18(15-25(24)35-2)27(33)31-14-13-23(21(16-31)17-7-10-19(29)11-8-17)30-26(32)20-5-3-4-6-22(20)28/h3-12,15,21,23H,13-14,16H2,1-2H3,(H,30,32)/t21-,23+/m0/s1. The van der Waals surface area contributed by atoms with Crippen molar-refractivity contribution >= 4 is 23.4 Å². The van der Waals surface area contributed by atoms with Crippen molar-refractivity contribution in [2.45, 2.75) is 18.4 Å². The molecule has 8 heteroatoms. The third-order valence-corrected chi connectivity index (χ3v) is 6.59. The van der Waals surface area contributed by atoms with Gasteiger partial charge >= 0.3 is 0 Å². The summed E-state index contributed by atoms with van der Waals surface area (Å²) in [6, 6.07) is 17.8. The average Bonchev–Trinajstić information content (AvgIpc) is 2.88. The molecule has 0 radical (unpaired) electrons. The molecule has 1 fully saturated rings. The molecule has 1 aliphatic rings. The second-order valence-electron chi connectivity index (χ2n) is 8.33. The van der Waals surface area contributed by atoms with Crippen LogP contribution in [0.3, 0.4) is 0 Å². The largest absolute Gasteiger partial charge is 0.493 e. The zero-order valence-corrected chi connectivity index (χ0v) is 20.2. The van der Waals surface area contributed by atoms with Crippen LogP contribution in [0.25, 0.3) is 0 Å². The molecule has 0 aliphatic carbocycles. The van der Waals surface area contributed by atoms with Gasteiger partial charge < -0.3 is 19.7 Å². The Bertz CT molecular complexity index is 1220. The highest BCUT2D eigenvalue weighted by Crippen LogP contribution is 2.32. The molecule has 1 aliphatic heterocycles. The van der Waals surface area contributed by atoms with Crippen molar-refractivity contribution in [2.75, 3.05) is 27.3 Å². The number of amides is 2. The highest BCUT2D eigenvalue weighted by atomic mass is 35.5. The maximum atomic E-state index is 13.6. The van der Waals surface area contributed by atoms with Crippen molar-refractivity contribution in [3.63, 3.8) is 0 Å². The van der Waals surface area contributed by atoms with Crippen molar-refractivity contribution in [3.8, 4) is 11.5 Å². The molecule has 4 rings (SSSR count). The first-order valence-corrected chi connectivity index (χ1v) is 11.6. The summed E-state index contributed by atoms with van der Waals surface area (Å²) in [7, 11) is 3.05. The molecule has 3 aromatic rings. The van der Waals surface area contributed by atoms with Crippen LogP contribution in [-0.4, -0.2) is 50.1 Å². The van der Waals surface area contributed by atoms with Crippen molar-refractivity contribution in [3.05, 3.63) is 94.3 Å². The van der Waals surface area contributed by atoms with Crippen LogP contribution in [0, 0.1) is 5.82 Å². The normalized spacial score (nSPS) is 17.5. The number of piperidine rings is 1. The second kappa shape index (κ2) is 10.8. The Kier molecular flexibility index (Phi) is 7.56. The summed E-state index contributed by atoms with van der Waals surface area (Å²) in [6.07, 6.45) is 0.525. The second-order valence-corrected chi connectivity index (χ2v) is 8.73. The fraction of sp³-hybridized carbons (Fsp3) is 0.259. The summed E-state index contributed by atoms with van der Waals surface area (Å²) in [4.78, 5) is 28.1. The van der Waals surface area contributed by atoms with Crippen molar-refractivity contribution < 1.29 is 23.5 Å². The fourth-order valence-corrected chi connectivity index (χ4v) is 4.62. The van der Waals surface area contributed by atoms with E-state index in [1.54, 1.807) is 59.5 Å². The van der Waals surface area contributed by atoms with Crippen LogP contribution in [0.2, 0.25) is 5.02 Å². The van der Waals surface area contributed by atoms with Gasteiger partial charge in [0.1, 0.15) is 5.82 Å². The molecule has 6 nitrogen and oxygen atoms in total. The Morgan fingerprint density at radius 2 is 1.71 bits per heavy atom. The van der Waals surface area contributed by atoms with Crippen LogP contribution in [0.1, 0.15) is 38.6 Å². The highest BCUT2D eigenvalue weighted by Gasteiger charge is 2.34. The van der Waals surface area contributed by atoms with Crippen LogP contribution >= 0.6 is 11.6 Å². The van der Waals surface area contributed by atoms with Gasteiger partial charge in [0, 0.05) is 30.6 Å². The number of ether oxygens (including phenoxy) is 2. The van der Waals surface area contributed by atoms with Crippen LogP contribution in [0.15, 0.2) is 66.7 Å². The minimum atomic E-state index is -0.348. The van der Waals surface area contributed by atoms with Gasteiger partial charge in [0.2, 0.25) is 0 Å². The van der Waals surface area contributed by atoms with Crippen LogP contribution in [0.4, 0.5) is 4.39 Å². The predicted octanol–water partition coefficient (Wildman–Crippen LogP) is 4.92. The van der Waals surface area contributed by atoms with Gasteiger partial charge in [-0.25, -0.2) is 4.39 Å². The van der Waals surface area contributed by atoms with E-state index in [4.69, 9.17) is 21.1 Å². The van der Waals surface area contributed by atoms with Gasteiger partial charge in [0.05, 0.1) is 24.8 Å². The molecule has 1 heterocycles. The third kappa shape index (κ3) is 5.41. The molecule has 182 valence electrons. The fourth-order valence-electron chi connectivity index (χ4n) is 4.40. The number of rotatable bonds is 6. The summed E-state index contributed by atoms with van der Waals surface area (Å²) < 4.78 is 24.2. The Labute approximate surface area is 208 Å². The molecule has 35 heavy (non-hydrogen) atoms. The SMILES string of the molecule is COc1ccc(C(=O)N2CC[C@@H](NC(=O)c3ccccc3Cl)[C@H](c3ccc(F)cc3)C2)cc1OC. The quantitative estimate of drug-likeness (QED) is 0.525. The number of hydrogen-bond acceptors (Lipinski definition) is 4. The Morgan fingerprint density at radius 1 is 1.00 bits per heavy atom. The number of likely N-dealkylation sites (tertiary alicyclic amines) is 1. The van der Waals surface area contributed by atoms with Gasteiger partial charge in [-0.05, 0) is 54.4 Å². The number of benzene rings is 3. The van der Waals surface area contributed by atoms with E-state index >= 15 is 0 Å². The lowest BCUT2D eigenvalue weighted by Gasteiger charge is -2.39. The Balaban J connectivity index is 1.58. The van der Waals surface area contributed by atoms with Crippen LogP contribution < -0.4 is 14.8 Å². The Hall–Kier alpha value is -3.58. The van der Waals surface area contributed by atoms with Crippen molar-refractivity contribution in [1.29, 1.82) is 0 Å². The highest BCUT2D eigenvalue weighted by molar-refractivity contribution is 6.33. The van der Waals surface area contributed by atoms with Gasteiger partial charge in [-0.3, -0.25) is 9.59 Å². The first-order valence-electron chi connectivity index (χ1n) is 11.2. The van der Waals surface area contributed by atoms with E-state index in [1.807, 2.05) is 0 Å². The summed E-state index contributed by atoms with van der Waals surface area (Å²) in [5.74, 6) is -0.0229. The lowest BCUT2D eigenvalue weighted by atomic mass is 9.85. The minimum absolute atomic E-state index is 0.158. The lowest BCUT2D eigenvalue weighted by molar-refractivity contribution is 0.0671. The molecule has 0 unspecified atom stereocenters. The zero-order chi connectivity index (χ0) is 24.9. The monoisotopic (exact) mass is 496 g/mol. The molecular formula is C27H26ClFN2O4. The molecule has 0 aromatic heterocycles. The predicted molar refractivity (Wildman–Crippen MR) is 132 cm³/mol. The molecule has 2 atom stereocenters.